The smallest absolute Gasteiger partial charge is 0.0448 e. The molecule has 0 saturated carbocycles. The Labute approximate surface area is 95.5 Å². The second-order valence-corrected chi connectivity index (χ2v) is 4.73. The summed E-state index contributed by atoms with van der Waals surface area (Å²) in [4.78, 5) is 0. The van der Waals surface area contributed by atoms with Gasteiger partial charge in [0.15, 0.2) is 0 Å². The standard InChI is InChI=1S/C13H29NO/c1-4-6-7-8-9-11-14-13(3,5-2)10-12-15/h14-15H,4-12H2,1-3H3. The van der Waals surface area contributed by atoms with Gasteiger partial charge < -0.3 is 10.4 Å². The maximum absolute atomic E-state index is 8.97. The molecule has 0 fully saturated rings. The van der Waals surface area contributed by atoms with Gasteiger partial charge in [-0.05, 0) is 32.7 Å². The predicted molar refractivity (Wildman–Crippen MR) is 67.2 cm³/mol. The van der Waals surface area contributed by atoms with Gasteiger partial charge in [0.05, 0.1) is 0 Å². The van der Waals surface area contributed by atoms with E-state index in [2.05, 4.69) is 26.1 Å². The highest BCUT2D eigenvalue weighted by atomic mass is 16.3. The molecular formula is C13H29NO. The zero-order valence-electron chi connectivity index (χ0n) is 10.8. The van der Waals surface area contributed by atoms with E-state index in [0.29, 0.717) is 0 Å². The molecule has 1 atom stereocenters. The van der Waals surface area contributed by atoms with Crippen molar-refractivity contribution in [3.63, 3.8) is 0 Å². The Morgan fingerprint density at radius 2 is 1.73 bits per heavy atom. The molecule has 0 aromatic carbocycles. The first-order valence-corrected chi connectivity index (χ1v) is 6.54. The summed E-state index contributed by atoms with van der Waals surface area (Å²) < 4.78 is 0. The molecule has 0 spiro atoms. The maximum atomic E-state index is 8.97. The molecule has 0 amide bonds. The lowest BCUT2D eigenvalue weighted by molar-refractivity contribution is 0.215. The normalized spacial score (nSPS) is 15.2. The number of rotatable bonds is 10. The van der Waals surface area contributed by atoms with Crippen molar-refractivity contribution in [2.45, 2.75) is 71.3 Å². The highest BCUT2D eigenvalue weighted by molar-refractivity contribution is 4.80. The van der Waals surface area contributed by atoms with Crippen LogP contribution in [0.3, 0.4) is 0 Å². The maximum Gasteiger partial charge on any atom is 0.0448 e. The first-order chi connectivity index (χ1) is 7.18. The first kappa shape index (κ1) is 14.9. The summed E-state index contributed by atoms with van der Waals surface area (Å²) in [7, 11) is 0. The van der Waals surface area contributed by atoms with E-state index in [0.717, 1.165) is 19.4 Å². The summed E-state index contributed by atoms with van der Waals surface area (Å²) >= 11 is 0. The van der Waals surface area contributed by atoms with Crippen LogP contribution in [0.5, 0.6) is 0 Å². The molecule has 15 heavy (non-hydrogen) atoms. The molecule has 0 bridgehead atoms. The molecule has 0 aromatic heterocycles. The van der Waals surface area contributed by atoms with Crippen LogP contribution in [0, 0.1) is 0 Å². The van der Waals surface area contributed by atoms with Crippen molar-refractivity contribution in [2.24, 2.45) is 0 Å². The zero-order valence-corrected chi connectivity index (χ0v) is 10.8. The van der Waals surface area contributed by atoms with Crippen molar-refractivity contribution in [1.82, 2.24) is 5.32 Å². The Kier molecular flexibility index (Phi) is 9.12. The molecule has 0 saturated heterocycles. The SMILES string of the molecule is CCCCCCCNC(C)(CC)CCO. The predicted octanol–water partition coefficient (Wildman–Crippen LogP) is 3.10. The van der Waals surface area contributed by atoms with Crippen molar-refractivity contribution >= 4 is 0 Å². The molecule has 92 valence electrons. The van der Waals surface area contributed by atoms with Gasteiger partial charge in [-0.2, -0.15) is 0 Å². The summed E-state index contributed by atoms with van der Waals surface area (Å²) in [6.45, 7) is 8.00. The second-order valence-electron chi connectivity index (χ2n) is 4.73. The van der Waals surface area contributed by atoms with Crippen LogP contribution in [0.15, 0.2) is 0 Å². The van der Waals surface area contributed by atoms with Crippen molar-refractivity contribution in [1.29, 1.82) is 0 Å². The molecule has 0 aliphatic heterocycles. The molecular weight excluding hydrogens is 186 g/mol. The number of nitrogens with one attached hydrogen (secondary N) is 1. The second kappa shape index (κ2) is 9.17. The third-order valence-electron chi connectivity index (χ3n) is 3.28. The van der Waals surface area contributed by atoms with E-state index >= 15 is 0 Å². The molecule has 2 heteroatoms. The van der Waals surface area contributed by atoms with E-state index in [1.165, 1.54) is 32.1 Å². The fraction of sp³-hybridized carbons (Fsp3) is 1.00. The number of hydrogen-bond donors (Lipinski definition) is 2. The number of aliphatic hydroxyl groups excluding tert-OH is 1. The average Bonchev–Trinajstić information content (AvgIpc) is 2.24. The number of hydrogen-bond acceptors (Lipinski definition) is 2. The minimum Gasteiger partial charge on any atom is -0.396 e. The summed E-state index contributed by atoms with van der Waals surface area (Å²) in [6, 6.07) is 0. The Bertz CT molecular complexity index is 138. The van der Waals surface area contributed by atoms with Crippen molar-refractivity contribution < 1.29 is 5.11 Å². The van der Waals surface area contributed by atoms with Crippen molar-refractivity contribution in [3.8, 4) is 0 Å². The summed E-state index contributed by atoms with van der Waals surface area (Å²) in [5.41, 5.74) is 0.138. The fourth-order valence-electron chi connectivity index (χ4n) is 1.76. The van der Waals surface area contributed by atoms with Gasteiger partial charge in [-0.3, -0.25) is 0 Å². The van der Waals surface area contributed by atoms with Gasteiger partial charge in [0.25, 0.3) is 0 Å². The van der Waals surface area contributed by atoms with Gasteiger partial charge in [0.2, 0.25) is 0 Å². The Balaban J connectivity index is 3.46. The molecule has 0 heterocycles. The highest BCUT2D eigenvalue weighted by Crippen LogP contribution is 2.13. The highest BCUT2D eigenvalue weighted by Gasteiger charge is 2.19. The third kappa shape index (κ3) is 7.80. The average molecular weight is 215 g/mol. The summed E-state index contributed by atoms with van der Waals surface area (Å²) in [5, 5.41) is 12.5. The van der Waals surface area contributed by atoms with Crippen LogP contribution in [0.25, 0.3) is 0 Å². The van der Waals surface area contributed by atoms with Crippen LogP contribution in [-0.2, 0) is 0 Å². The molecule has 0 radical (unpaired) electrons. The first-order valence-electron chi connectivity index (χ1n) is 6.54. The van der Waals surface area contributed by atoms with Gasteiger partial charge in [0.1, 0.15) is 0 Å². The quantitative estimate of drug-likeness (QED) is 0.549. The molecule has 2 N–H and O–H groups in total. The minimum atomic E-state index is 0.138. The van der Waals surface area contributed by atoms with Gasteiger partial charge in [0, 0.05) is 12.1 Å². The Hall–Kier alpha value is -0.0800. The van der Waals surface area contributed by atoms with Crippen LogP contribution in [0.1, 0.15) is 65.7 Å². The van der Waals surface area contributed by atoms with E-state index in [1.54, 1.807) is 0 Å². The van der Waals surface area contributed by atoms with E-state index in [-0.39, 0.29) is 12.1 Å². The monoisotopic (exact) mass is 215 g/mol. The lowest BCUT2D eigenvalue weighted by Crippen LogP contribution is -2.43. The number of aliphatic hydroxyl groups is 1. The summed E-state index contributed by atoms with van der Waals surface area (Å²) in [6.07, 6.45) is 8.58. The molecule has 0 aromatic rings. The van der Waals surface area contributed by atoms with Crippen molar-refractivity contribution in [2.75, 3.05) is 13.2 Å². The van der Waals surface area contributed by atoms with Crippen LogP contribution in [0.2, 0.25) is 0 Å². The van der Waals surface area contributed by atoms with Gasteiger partial charge in [-0.25, -0.2) is 0 Å². The van der Waals surface area contributed by atoms with E-state index in [1.807, 2.05) is 0 Å². The van der Waals surface area contributed by atoms with E-state index < -0.39 is 0 Å². The Morgan fingerprint density at radius 3 is 2.27 bits per heavy atom. The van der Waals surface area contributed by atoms with E-state index in [9.17, 15) is 0 Å². The minimum absolute atomic E-state index is 0.138. The van der Waals surface area contributed by atoms with Crippen molar-refractivity contribution in [3.05, 3.63) is 0 Å². The molecule has 2 nitrogen and oxygen atoms in total. The van der Waals surface area contributed by atoms with Crippen LogP contribution in [0.4, 0.5) is 0 Å². The van der Waals surface area contributed by atoms with E-state index in [4.69, 9.17) is 5.11 Å². The fourth-order valence-corrected chi connectivity index (χ4v) is 1.76. The zero-order chi connectivity index (χ0) is 11.6. The molecule has 1 unspecified atom stereocenters. The third-order valence-corrected chi connectivity index (χ3v) is 3.28. The topological polar surface area (TPSA) is 32.3 Å². The summed E-state index contributed by atoms with van der Waals surface area (Å²) in [5.74, 6) is 0. The lowest BCUT2D eigenvalue weighted by Gasteiger charge is -2.29. The van der Waals surface area contributed by atoms with Gasteiger partial charge in [-0.1, -0.05) is 39.5 Å². The molecule has 0 aliphatic rings. The van der Waals surface area contributed by atoms with Gasteiger partial charge in [-0.15, -0.1) is 0 Å². The lowest BCUT2D eigenvalue weighted by atomic mass is 9.95. The molecule has 0 aliphatic carbocycles. The van der Waals surface area contributed by atoms with Gasteiger partial charge >= 0.3 is 0 Å². The van der Waals surface area contributed by atoms with Crippen LogP contribution in [-0.4, -0.2) is 23.8 Å². The molecule has 0 rings (SSSR count). The Morgan fingerprint density at radius 1 is 1.07 bits per heavy atom. The number of unbranched alkanes of at least 4 members (excludes halogenated alkanes) is 4. The van der Waals surface area contributed by atoms with Crippen LogP contribution < -0.4 is 5.32 Å². The van der Waals surface area contributed by atoms with Crippen LogP contribution >= 0.6 is 0 Å². The largest absolute Gasteiger partial charge is 0.396 e.